The second-order valence-electron chi connectivity index (χ2n) is 5.57. The highest BCUT2D eigenvalue weighted by Gasteiger charge is 2.44. The van der Waals surface area contributed by atoms with Crippen molar-refractivity contribution in [2.45, 2.75) is 45.3 Å². The van der Waals surface area contributed by atoms with Crippen molar-refractivity contribution in [2.75, 3.05) is 18.8 Å². The van der Waals surface area contributed by atoms with E-state index in [9.17, 15) is 16.7 Å². The van der Waals surface area contributed by atoms with Crippen LogP contribution in [0.4, 0.5) is 8.28 Å². The fraction of sp³-hybridized carbons (Fsp3) is 0.769. The van der Waals surface area contributed by atoms with Gasteiger partial charge in [-0.2, -0.15) is 8.42 Å². The van der Waals surface area contributed by atoms with Crippen LogP contribution in [0, 0.1) is 6.92 Å². The average Bonchev–Trinajstić information content (AvgIpc) is 2.99. The van der Waals surface area contributed by atoms with E-state index in [-0.39, 0.29) is 19.6 Å². The Kier molecular flexibility index (Phi) is 4.67. The van der Waals surface area contributed by atoms with Crippen LogP contribution in [-0.2, 0) is 23.2 Å². The van der Waals surface area contributed by atoms with Gasteiger partial charge in [-0.1, -0.05) is 6.92 Å². The standard InChI is InChI=1S/C13H20F2N2O3S/c1-3-12-16-10(2)11(20-12)8-17(6-7-21(15,18)19)9-13(14)4-5-13/h3-9H2,1-2H3. The van der Waals surface area contributed by atoms with Gasteiger partial charge < -0.3 is 4.42 Å². The summed E-state index contributed by atoms with van der Waals surface area (Å²) in [5, 5.41) is 0. The lowest BCUT2D eigenvalue weighted by Crippen LogP contribution is -2.34. The van der Waals surface area contributed by atoms with E-state index < -0.39 is 21.6 Å². The summed E-state index contributed by atoms with van der Waals surface area (Å²) in [6, 6.07) is 0. The van der Waals surface area contributed by atoms with Crippen molar-refractivity contribution < 1.29 is 21.1 Å². The summed E-state index contributed by atoms with van der Waals surface area (Å²) in [6.07, 6.45) is 1.57. The lowest BCUT2D eigenvalue weighted by atomic mass is 10.3. The number of alkyl halides is 1. The van der Waals surface area contributed by atoms with Crippen molar-refractivity contribution in [1.29, 1.82) is 0 Å². The van der Waals surface area contributed by atoms with E-state index >= 15 is 0 Å². The Morgan fingerprint density at radius 1 is 1.43 bits per heavy atom. The number of rotatable bonds is 8. The maximum Gasteiger partial charge on any atom is 0.303 e. The van der Waals surface area contributed by atoms with Gasteiger partial charge in [-0.25, -0.2) is 9.37 Å². The molecule has 1 aromatic rings. The van der Waals surface area contributed by atoms with E-state index in [0.29, 0.717) is 36.6 Å². The Morgan fingerprint density at radius 3 is 2.57 bits per heavy atom. The Morgan fingerprint density at radius 2 is 2.10 bits per heavy atom. The van der Waals surface area contributed by atoms with Crippen LogP contribution in [0.3, 0.4) is 0 Å². The summed E-state index contributed by atoms with van der Waals surface area (Å²) >= 11 is 0. The van der Waals surface area contributed by atoms with Crippen LogP contribution >= 0.6 is 0 Å². The third-order valence-electron chi connectivity index (χ3n) is 3.56. The lowest BCUT2D eigenvalue weighted by Gasteiger charge is -2.22. The van der Waals surface area contributed by atoms with Gasteiger partial charge in [0.2, 0.25) is 0 Å². The molecule has 1 fully saturated rings. The minimum Gasteiger partial charge on any atom is -0.444 e. The first-order valence-electron chi connectivity index (χ1n) is 6.99. The smallest absolute Gasteiger partial charge is 0.303 e. The van der Waals surface area contributed by atoms with E-state index in [0.717, 1.165) is 0 Å². The molecule has 0 atom stereocenters. The van der Waals surface area contributed by atoms with E-state index in [1.807, 2.05) is 6.92 Å². The second-order valence-corrected chi connectivity index (χ2v) is 7.06. The van der Waals surface area contributed by atoms with Crippen LogP contribution < -0.4 is 0 Å². The minimum absolute atomic E-state index is 0.0634. The first-order chi connectivity index (χ1) is 9.71. The zero-order valence-electron chi connectivity index (χ0n) is 12.2. The molecule has 0 bridgehead atoms. The largest absolute Gasteiger partial charge is 0.444 e. The van der Waals surface area contributed by atoms with Crippen LogP contribution in [0.2, 0.25) is 0 Å². The highest BCUT2D eigenvalue weighted by molar-refractivity contribution is 7.86. The molecular weight excluding hydrogens is 302 g/mol. The predicted octanol–water partition coefficient (Wildman–Crippen LogP) is 2.15. The zero-order valence-corrected chi connectivity index (χ0v) is 13.0. The van der Waals surface area contributed by atoms with E-state index in [4.69, 9.17) is 4.42 Å². The zero-order chi connectivity index (χ0) is 15.7. The van der Waals surface area contributed by atoms with Gasteiger partial charge in [0.25, 0.3) is 0 Å². The van der Waals surface area contributed by atoms with Gasteiger partial charge in [-0.15, -0.1) is 3.89 Å². The second kappa shape index (κ2) is 6.00. The number of hydrogen-bond acceptors (Lipinski definition) is 5. The molecule has 5 nitrogen and oxygen atoms in total. The van der Waals surface area contributed by atoms with Gasteiger partial charge in [-0.05, 0) is 19.8 Å². The molecule has 1 aliphatic carbocycles. The molecule has 0 unspecified atom stereocenters. The normalized spacial score (nSPS) is 17.4. The number of aromatic nitrogens is 1. The van der Waals surface area contributed by atoms with Crippen molar-refractivity contribution in [1.82, 2.24) is 9.88 Å². The number of halogens is 2. The summed E-state index contributed by atoms with van der Waals surface area (Å²) < 4.78 is 53.5. The number of nitrogens with zero attached hydrogens (tertiary/aromatic N) is 2. The summed E-state index contributed by atoms with van der Waals surface area (Å²) in [5.41, 5.74) is -0.578. The molecule has 2 rings (SSSR count). The Bertz CT molecular complexity index is 597. The van der Waals surface area contributed by atoms with Gasteiger partial charge >= 0.3 is 10.2 Å². The molecule has 0 amide bonds. The van der Waals surface area contributed by atoms with E-state index in [1.54, 1.807) is 11.8 Å². The Labute approximate surface area is 123 Å². The summed E-state index contributed by atoms with van der Waals surface area (Å²) in [7, 11) is -4.57. The Hall–Kier alpha value is -1.02. The van der Waals surface area contributed by atoms with Gasteiger partial charge in [0.15, 0.2) is 5.89 Å². The van der Waals surface area contributed by atoms with Crippen molar-refractivity contribution in [2.24, 2.45) is 0 Å². The Balaban J connectivity index is 2.05. The molecule has 120 valence electrons. The third-order valence-corrected chi connectivity index (χ3v) is 4.23. The topological polar surface area (TPSA) is 63.4 Å². The molecule has 8 heteroatoms. The van der Waals surface area contributed by atoms with Gasteiger partial charge in [-0.3, -0.25) is 4.90 Å². The molecule has 0 aromatic carbocycles. The number of aryl methyl sites for hydroxylation is 2. The summed E-state index contributed by atoms with van der Waals surface area (Å²) in [5.74, 6) is 0.519. The average molecular weight is 322 g/mol. The maximum atomic E-state index is 13.9. The molecule has 1 heterocycles. The number of hydrogen-bond donors (Lipinski definition) is 0. The lowest BCUT2D eigenvalue weighted by molar-refractivity contribution is 0.166. The molecule has 0 radical (unpaired) electrons. The molecule has 0 N–H and O–H groups in total. The van der Waals surface area contributed by atoms with Crippen molar-refractivity contribution in [3.05, 3.63) is 17.3 Å². The van der Waals surface area contributed by atoms with Crippen molar-refractivity contribution in [3.8, 4) is 0 Å². The van der Waals surface area contributed by atoms with Crippen LogP contribution in [-0.4, -0.2) is 42.8 Å². The predicted molar refractivity (Wildman–Crippen MR) is 73.9 cm³/mol. The third kappa shape index (κ3) is 5.03. The summed E-state index contributed by atoms with van der Waals surface area (Å²) in [6.45, 7) is 3.95. The molecule has 21 heavy (non-hydrogen) atoms. The monoisotopic (exact) mass is 322 g/mol. The van der Waals surface area contributed by atoms with Gasteiger partial charge in [0.05, 0.1) is 18.0 Å². The fourth-order valence-electron chi connectivity index (χ4n) is 2.14. The molecule has 1 aliphatic rings. The molecular formula is C13H20F2N2O3S. The van der Waals surface area contributed by atoms with Gasteiger partial charge in [0, 0.05) is 19.5 Å². The fourth-order valence-corrected chi connectivity index (χ4v) is 2.61. The minimum atomic E-state index is -4.57. The molecule has 1 aromatic heterocycles. The van der Waals surface area contributed by atoms with Crippen LogP contribution in [0.25, 0.3) is 0 Å². The first-order valence-corrected chi connectivity index (χ1v) is 8.55. The number of oxazole rings is 1. The highest BCUT2D eigenvalue weighted by atomic mass is 32.3. The molecule has 1 saturated carbocycles. The van der Waals surface area contributed by atoms with Crippen molar-refractivity contribution in [3.63, 3.8) is 0 Å². The summed E-state index contributed by atoms with van der Waals surface area (Å²) in [4.78, 5) is 5.80. The van der Waals surface area contributed by atoms with Crippen molar-refractivity contribution >= 4 is 10.2 Å². The van der Waals surface area contributed by atoms with E-state index in [1.165, 1.54) is 0 Å². The van der Waals surface area contributed by atoms with Crippen LogP contribution in [0.5, 0.6) is 0 Å². The van der Waals surface area contributed by atoms with Gasteiger partial charge in [0.1, 0.15) is 11.4 Å². The SMILES string of the molecule is CCc1nc(C)c(CN(CCS(=O)(=O)F)CC2(F)CC2)o1. The van der Waals surface area contributed by atoms with Crippen LogP contribution in [0.15, 0.2) is 4.42 Å². The van der Waals surface area contributed by atoms with E-state index in [2.05, 4.69) is 4.98 Å². The quantitative estimate of drug-likeness (QED) is 0.686. The highest BCUT2D eigenvalue weighted by Crippen LogP contribution is 2.40. The maximum absolute atomic E-state index is 13.9. The molecule has 0 spiro atoms. The molecule has 0 saturated heterocycles. The first kappa shape index (κ1) is 16.4. The molecule has 0 aliphatic heterocycles. The van der Waals surface area contributed by atoms with Crippen LogP contribution in [0.1, 0.15) is 37.1 Å².